The predicted octanol–water partition coefficient (Wildman–Crippen LogP) is 4.10. The monoisotopic (exact) mass is 559 g/mol. The van der Waals surface area contributed by atoms with E-state index < -0.39 is 0 Å². The molecule has 1 aromatic carbocycles. The molecule has 2 aromatic heterocycles. The summed E-state index contributed by atoms with van der Waals surface area (Å²) in [7, 11) is 0. The van der Waals surface area contributed by atoms with E-state index in [9.17, 15) is 0 Å². The van der Waals surface area contributed by atoms with Gasteiger partial charge in [-0.2, -0.15) is 0 Å². The summed E-state index contributed by atoms with van der Waals surface area (Å²) in [5.41, 5.74) is 5.17. The van der Waals surface area contributed by atoms with Gasteiger partial charge in [0.05, 0.1) is 6.54 Å². The third-order valence-corrected chi connectivity index (χ3v) is 6.12. The van der Waals surface area contributed by atoms with E-state index in [4.69, 9.17) is 4.99 Å². The molecule has 0 saturated carbocycles. The minimum absolute atomic E-state index is 0. The van der Waals surface area contributed by atoms with Gasteiger partial charge in [-0.05, 0) is 56.5 Å². The number of nitrogens with zero attached hydrogens (tertiary/aromatic N) is 6. The molecule has 8 heteroatoms. The highest BCUT2D eigenvalue weighted by Crippen LogP contribution is 2.24. The molecular formula is C25H34IN7. The number of aromatic nitrogens is 3. The second-order valence-corrected chi connectivity index (χ2v) is 8.23. The summed E-state index contributed by atoms with van der Waals surface area (Å²) < 4.78 is 1.98. The topological polar surface area (TPSA) is 61.6 Å². The van der Waals surface area contributed by atoms with Gasteiger partial charge in [0.1, 0.15) is 11.6 Å². The lowest BCUT2D eigenvalue weighted by atomic mass is 10.1. The predicted molar refractivity (Wildman–Crippen MR) is 146 cm³/mol. The van der Waals surface area contributed by atoms with Crippen molar-refractivity contribution in [3.8, 4) is 5.82 Å². The Morgan fingerprint density at radius 2 is 1.82 bits per heavy atom. The second kappa shape index (κ2) is 11.5. The number of rotatable bonds is 5. The Bertz CT molecular complexity index is 1070. The Morgan fingerprint density at radius 3 is 2.45 bits per heavy atom. The molecule has 3 heterocycles. The third kappa shape index (κ3) is 5.85. The van der Waals surface area contributed by atoms with Crippen LogP contribution in [0, 0.1) is 20.8 Å². The first kappa shape index (κ1) is 25.0. The van der Waals surface area contributed by atoms with Crippen LogP contribution in [0.3, 0.4) is 0 Å². The van der Waals surface area contributed by atoms with Gasteiger partial charge in [-0.15, -0.1) is 24.0 Å². The van der Waals surface area contributed by atoms with Crippen molar-refractivity contribution in [1.82, 2.24) is 24.8 Å². The zero-order chi connectivity index (χ0) is 22.5. The average molecular weight is 560 g/mol. The van der Waals surface area contributed by atoms with E-state index in [1.165, 1.54) is 16.8 Å². The van der Waals surface area contributed by atoms with Crippen molar-refractivity contribution in [3.05, 3.63) is 71.4 Å². The van der Waals surface area contributed by atoms with Crippen molar-refractivity contribution in [1.29, 1.82) is 0 Å². The molecule has 1 saturated heterocycles. The van der Waals surface area contributed by atoms with Crippen LogP contribution in [0.1, 0.15) is 29.4 Å². The molecule has 0 amide bonds. The van der Waals surface area contributed by atoms with Gasteiger partial charge in [0.2, 0.25) is 0 Å². The maximum absolute atomic E-state index is 4.90. The molecule has 1 N–H and O–H groups in total. The van der Waals surface area contributed by atoms with Crippen molar-refractivity contribution in [2.45, 2.75) is 34.2 Å². The van der Waals surface area contributed by atoms with Gasteiger partial charge in [0, 0.05) is 57.0 Å². The molecule has 1 aliphatic rings. The van der Waals surface area contributed by atoms with E-state index in [2.05, 4.69) is 70.1 Å². The first-order valence-corrected chi connectivity index (χ1v) is 11.4. The zero-order valence-corrected chi connectivity index (χ0v) is 22.3. The molecule has 0 radical (unpaired) electrons. The zero-order valence-electron chi connectivity index (χ0n) is 20.0. The largest absolute Gasteiger partial charge is 0.368 e. The summed E-state index contributed by atoms with van der Waals surface area (Å²) >= 11 is 0. The number of hydrogen-bond donors (Lipinski definition) is 1. The van der Waals surface area contributed by atoms with Crippen LogP contribution in [-0.2, 0) is 6.54 Å². The highest BCUT2D eigenvalue weighted by Gasteiger charge is 2.21. The third-order valence-electron chi connectivity index (χ3n) is 6.12. The minimum atomic E-state index is 0. The van der Waals surface area contributed by atoms with E-state index >= 15 is 0 Å². The molecule has 4 rings (SSSR count). The summed E-state index contributed by atoms with van der Waals surface area (Å²) in [6.45, 7) is 13.9. The summed E-state index contributed by atoms with van der Waals surface area (Å²) in [5.74, 6) is 2.78. The molecule has 0 unspecified atom stereocenters. The summed E-state index contributed by atoms with van der Waals surface area (Å²) in [4.78, 5) is 18.6. The second-order valence-electron chi connectivity index (χ2n) is 8.23. The molecular weight excluding hydrogens is 525 g/mol. The molecule has 1 fully saturated rings. The number of guanidine groups is 1. The number of aryl methyl sites for hydroxylation is 2. The van der Waals surface area contributed by atoms with Crippen LogP contribution < -0.4 is 10.2 Å². The van der Waals surface area contributed by atoms with E-state index in [1.54, 1.807) is 6.20 Å². The fourth-order valence-electron chi connectivity index (χ4n) is 4.10. The van der Waals surface area contributed by atoms with Gasteiger partial charge in [-0.25, -0.2) is 15.0 Å². The maximum atomic E-state index is 4.90. The number of anilines is 1. The van der Waals surface area contributed by atoms with Crippen LogP contribution in [0.25, 0.3) is 5.82 Å². The Hall–Kier alpha value is -2.62. The number of nitrogens with one attached hydrogen (secondary N) is 1. The van der Waals surface area contributed by atoms with Gasteiger partial charge < -0.3 is 15.1 Å². The van der Waals surface area contributed by atoms with Gasteiger partial charge in [-0.1, -0.05) is 18.2 Å². The molecule has 0 atom stereocenters. The van der Waals surface area contributed by atoms with Crippen molar-refractivity contribution < 1.29 is 0 Å². The maximum Gasteiger partial charge on any atom is 0.194 e. The molecule has 3 aromatic rings. The number of piperazine rings is 1. The van der Waals surface area contributed by atoms with Gasteiger partial charge in [0.25, 0.3) is 0 Å². The molecule has 1 aliphatic heterocycles. The molecule has 0 spiro atoms. The molecule has 7 nitrogen and oxygen atoms in total. The van der Waals surface area contributed by atoms with Crippen molar-refractivity contribution in [2.24, 2.45) is 4.99 Å². The fraction of sp³-hybridized carbons (Fsp3) is 0.400. The molecule has 0 aliphatic carbocycles. The summed E-state index contributed by atoms with van der Waals surface area (Å²) in [6, 6.07) is 10.7. The van der Waals surface area contributed by atoms with Crippen LogP contribution in [-0.4, -0.2) is 58.1 Å². The van der Waals surface area contributed by atoms with Gasteiger partial charge >= 0.3 is 0 Å². The smallest absolute Gasteiger partial charge is 0.194 e. The highest BCUT2D eigenvalue weighted by molar-refractivity contribution is 14.0. The number of hydrogen-bond acceptors (Lipinski definition) is 4. The minimum Gasteiger partial charge on any atom is -0.368 e. The first-order valence-electron chi connectivity index (χ1n) is 11.4. The number of pyridine rings is 1. The van der Waals surface area contributed by atoms with Crippen molar-refractivity contribution in [2.75, 3.05) is 37.6 Å². The van der Waals surface area contributed by atoms with Crippen LogP contribution in [0.5, 0.6) is 0 Å². The van der Waals surface area contributed by atoms with Gasteiger partial charge in [-0.3, -0.25) is 4.57 Å². The number of aliphatic imine (C=N–C) groups is 1. The Morgan fingerprint density at radius 1 is 1.03 bits per heavy atom. The van der Waals surface area contributed by atoms with Crippen LogP contribution in [0.4, 0.5) is 5.69 Å². The van der Waals surface area contributed by atoms with Crippen LogP contribution in [0.15, 0.2) is 53.9 Å². The molecule has 0 bridgehead atoms. The van der Waals surface area contributed by atoms with Crippen molar-refractivity contribution in [3.63, 3.8) is 0 Å². The lowest BCUT2D eigenvalue weighted by Gasteiger charge is -2.38. The Kier molecular flexibility index (Phi) is 8.71. The van der Waals surface area contributed by atoms with Crippen LogP contribution >= 0.6 is 24.0 Å². The highest BCUT2D eigenvalue weighted by atomic mass is 127. The van der Waals surface area contributed by atoms with E-state index in [-0.39, 0.29) is 24.0 Å². The standard InChI is InChI=1S/C25H33N7.HI/c1-5-26-25(29-18-22-9-10-24(28-17-22)32-12-11-27-21(32)4)31-15-13-30(14-16-31)23-8-6-7-19(2)20(23)3;/h6-12,17H,5,13-16,18H2,1-4H3,(H,26,29);1H. The van der Waals surface area contributed by atoms with E-state index in [1.807, 2.05) is 30.0 Å². The van der Waals surface area contributed by atoms with Gasteiger partial charge in [0.15, 0.2) is 5.96 Å². The van der Waals surface area contributed by atoms with E-state index in [0.717, 1.165) is 55.9 Å². The quantitative estimate of drug-likeness (QED) is 0.290. The SMILES string of the molecule is CCNC(=NCc1ccc(-n2ccnc2C)nc1)N1CCN(c2cccc(C)c2C)CC1.I. The lowest BCUT2D eigenvalue weighted by molar-refractivity contribution is 0.372. The number of halogens is 1. The fourth-order valence-corrected chi connectivity index (χ4v) is 4.10. The molecule has 33 heavy (non-hydrogen) atoms. The number of benzene rings is 1. The Labute approximate surface area is 214 Å². The lowest BCUT2D eigenvalue weighted by Crippen LogP contribution is -2.52. The molecule has 176 valence electrons. The van der Waals surface area contributed by atoms with E-state index in [0.29, 0.717) is 6.54 Å². The average Bonchev–Trinajstić information content (AvgIpc) is 3.25. The normalized spacial score (nSPS) is 14.2. The first-order chi connectivity index (χ1) is 15.6. The van der Waals surface area contributed by atoms with Crippen LogP contribution in [0.2, 0.25) is 0 Å². The number of imidazole rings is 1. The summed E-state index contributed by atoms with van der Waals surface area (Å²) in [5, 5.41) is 3.46. The van der Waals surface area contributed by atoms with Crippen molar-refractivity contribution >= 4 is 35.6 Å². The summed E-state index contributed by atoms with van der Waals surface area (Å²) in [6.07, 6.45) is 5.62. The Balaban J connectivity index is 0.00000306.